The van der Waals surface area contributed by atoms with Crippen molar-refractivity contribution in [2.45, 2.75) is 19.9 Å². The highest BCUT2D eigenvalue weighted by molar-refractivity contribution is 7.80. The molecular weight excluding hydrogens is 182 g/mol. The maximum atomic E-state index is 5.05. The highest BCUT2D eigenvalue weighted by Crippen LogP contribution is 1.99. The second kappa shape index (κ2) is 4.77. The Morgan fingerprint density at radius 3 is 2.77 bits per heavy atom. The summed E-state index contributed by atoms with van der Waals surface area (Å²) in [6.07, 6.45) is 1.72. The molecule has 0 saturated carbocycles. The van der Waals surface area contributed by atoms with Gasteiger partial charge in [-0.05, 0) is 38.2 Å². The van der Waals surface area contributed by atoms with Crippen molar-refractivity contribution in [2.75, 3.05) is 5.32 Å². The molecule has 70 valence electrons. The van der Waals surface area contributed by atoms with Gasteiger partial charge in [-0.2, -0.15) is 0 Å². The summed E-state index contributed by atoms with van der Waals surface area (Å²) in [7, 11) is 0. The molecular formula is C9H13N3S. The van der Waals surface area contributed by atoms with Crippen LogP contribution in [0.5, 0.6) is 0 Å². The van der Waals surface area contributed by atoms with Crippen LogP contribution in [0.3, 0.4) is 0 Å². The average molecular weight is 195 g/mol. The van der Waals surface area contributed by atoms with Gasteiger partial charge in [-0.25, -0.2) is 4.98 Å². The monoisotopic (exact) mass is 195 g/mol. The van der Waals surface area contributed by atoms with E-state index in [1.54, 1.807) is 6.20 Å². The second-order valence-electron chi connectivity index (χ2n) is 2.97. The highest BCUT2D eigenvalue weighted by atomic mass is 32.1. The third-order valence-corrected chi connectivity index (χ3v) is 1.55. The quantitative estimate of drug-likeness (QED) is 0.705. The summed E-state index contributed by atoms with van der Waals surface area (Å²) in [5.74, 6) is 0.764. The maximum Gasteiger partial charge on any atom is 0.172 e. The molecule has 4 heteroatoms. The summed E-state index contributed by atoms with van der Waals surface area (Å²) < 4.78 is 0. The van der Waals surface area contributed by atoms with Crippen LogP contribution in [0.1, 0.15) is 13.8 Å². The van der Waals surface area contributed by atoms with Crippen LogP contribution in [0.25, 0.3) is 0 Å². The first-order valence-electron chi connectivity index (χ1n) is 4.17. The number of hydrogen-bond acceptors (Lipinski definition) is 2. The summed E-state index contributed by atoms with van der Waals surface area (Å²) in [5.41, 5.74) is 0. The number of nitrogens with one attached hydrogen (secondary N) is 2. The molecule has 0 unspecified atom stereocenters. The number of nitrogens with zero attached hydrogens (tertiary/aromatic N) is 1. The lowest BCUT2D eigenvalue weighted by molar-refractivity contribution is 0.739. The molecule has 1 aromatic rings. The van der Waals surface area contributed by atoms with Crippen LogP contribution in [0.15, 0.2) is 24.4 Å². The number of aromatic nitrogens is 1. The van der Waals surface area contributed by atoms with Gasteiger partial charge in [0.2, 0.25) is 0 Å². The van der Waals surface area contributed by atoms with E-state index in [0.717, 1.165) is 5.82 Å². The molecule has 0 aliphatic carbocycles. The Morgan fingerprint density at radius 1 is 1.46 bits per heavy atom. The highest BCUT2D eigenvalue weighted by Gasteiger charge is 1.98. The Morgan fingerprint density at radius 2 is 2.23 bits per heavy atom. The van der Waals surface area contributed by atoms with Crippen molar-refractivity contribution >= 4 is 23.1 Å². The Bertz CT molecular complexity index is 271. The molecule has 0 aliphatic heterocycles. The van der Waals surface area contributed by atoms with E-state index in [0.29, 0.717) is 11.2 Å². The van der Waals surface area contributed by atoms with Crippen LogP contribution in [0, 0.1) is 0 Å². The molecule has 0 spiro atoms. The Labute approximate surface area is 83.6 Å². The third-order valence-electron chi connectivity index (χ3n) is 1.33. The summed E-state index contributed by atoms with van der Waals surface area (Å²) in [5, 5.41) is 6.66. The van der Waals surface area contributed by atoms with Crippen molar-refractivity contribution in [1.82, 2.24) is 10.3 Å². The van der Waals surface area contributed by atoms with Crippen LogP contribution in [0.4, 0.5) is 5.82 Å². The predicted molar refractivity (Wildman–Crippen MR) is 58.7 cm³/mol. The minimum Gasteiger partial charge on any atom is -0.360 e. The molecule has 13 heavy (non-hydrogen) atoms. The predicted octanol–water partition coefficient (Wildman–Crippen LogP) is 1.78. The normalized spacial score (nSPS) is 9.77. The van der Waals surface area contributed by atoms with E-state index < -0.39 is 0 Å². The lowest BCUT2D eigenvalue weighted by atomic mass is 10.4. The van der Waals surface area contributed by atoms with Gasteiger partial charge in [0.15, 0.2) is 5.11 Å². The maximum absolute atomic E-state index is 5.05. The molecule has 1 aromatic heterocycles. The lowest BCUT2D eigenvalue weighted by Crippen LogP contribution is -2.34. The van der Waals surface area contributed by atoms with Gasteiger partial charge < -0.3 is 10.6 Å². The molecule has 0 saturated heterocycles. The summed E-state index contributed by atoms with van der Waals surface area (Å²) in [6.45, 7) is 4.07. The second-order valence-corrected chi connectivity index (χ2v) is 3.38. The van der Waals surface area contributed by atoms with Gasteiger partial charge in [-0.1, -0.05) is 6.07 Å². The van der Waals surface area contributed by atoms with Crippen molar-refractivity contribution in [2.24, 2.45) is 0 Å². The minimum atomic E-state index is 0.337. The largest absolute Gasteiger partial charge is 0.360 e. The average Bonchev–Trinajstić information content (AvgIpc) is 2.04. The number of thiocarbonyl (C=S) groups is 1. The third kappa shape index (κ3) is 3.85. The SMILES string of the molecule is CC(C)NC(=S)Nc1ccccn1. The molecule has 0 radical (unpaired) electrons. The smallest absolute Gasteiger partial charge is 0.172 e. The summed E-state index contributed by atoms with van der Waals surface area (Å²) in [6, 6.07) is 5.98. The van der Waals surface area contributed by atoms with Gasteiger partial charge in [0.1, 0.15) is 5.82 Å². The van der Waals surface area contributed by atoms with Crippen LogP contribution in [-0.4, -0.2) is 16.1 Å². The van der Waals surface area contributed by atoms with Gasteiger partial charge in [0, 0.05) is 12.2 Å². The number of pyridine rings is 1. The number of anilines is 1. The Kier molecular flexibility index (Phi) is 3.64. The Balaban J connectivity index is 2.46. The molecule has 2 N–H and O–H groups in total. The topological polar surface area (TPSA) is 37.0 Å². The van der Waals surface area contributed by atoms with Gasteiger partial charge in [0.05, 0.1) is 0 Å². The van der Waals surface area contributed by atoms with Crippen molar-refractivity contribution in [3.05, 3.63) is 24.4 Å². The van der Waals surface area contributed by atoms with Crippen LogP contribution >= 0.6 is 12.2 Å². The number of hydrogen-bond donors (Lipinski definition) is 2. The molecule has 0 fully saturated rings. The molecule has 0 atom stereocenters. The molecule has 3 nitrogen and oxygen atoms in total. The van der Waals surface area contributed by atoms with Crippen LogP contribution < -0.4 is 10.6 Å². The zero-order chi connectivity index (χ0) is 9.68. The first-order valence-corrected chi connectivity index (χ1v) is 4.58. The molecule has 0 bridgehead atoms. The first-order chi connectivity index (χ1) is 6.18. The van der Waals surface area contributed by atoms with Crippen molar-refractivity contribution in [1.29, 1.82) is 0 Å². The van der Waals surface area contributed by atoms with E-state index >= 15 is 0 Å². The van der Waals surface area contributed by atoms with Crippen LogP contribution in [0.2, 0.25) is 0 Å². The molecule has 1 heterocycles. The molecule has 1 rings (SSSR count). The van der Waals surface area contributed by atoms with E-state index in [-0.39, 0.29) is 0 Å². The van der Waals surface area contributed by atoms with E-state index in [9.17, 15) is 0 Å². The fourth-order valence-corrected chi connectivity index (χ4v) is 1.19. The van der Waals surface area contributed by atoms with Gasteiger partial charge >= 0.3 is 0 Å². The van der Waals surface area contributed by atoms with E-state index in [1.807, 2.05) is 32.0 Å². The van der Waals surface area contributed by atoms with E-state index in [4.69, 9.17) is 12.2 Å². The zero-order valence-electron chi connectivity index (χ0n) is 7.74. The van der Waals surface area contributed by atoms with Crippen molar-refractivity contribution in [3.63, 3.8) is 0 Å². The lowest BCUT2D eigenvalue weighted by Gasteiger charge is -2.11. The minimum absolute atomic E-state index is 0.337. The standard InChI is InChI=1S/C9H13N3S/c1-7(2)11-9(13)12-8-5-3-4-6-10-8/h3-7H,1-2H3,(H2,10,11,12,13). The summed E-state index contributed by atoms with van der Waals surface area (Å²) in [4.78, 5) is 4.09. The van der Waals surface area contributed by atoms with Crippen LogP contribution in [-0.2, 0) is 0 Å². The van der Waals surface area contributed by atoms with E-state index in [1.165, 1.54) is 0 Å². The fraction of sp³-hybridized carbons (Fsp3) is 0.333. The first kappa shape index (κ1) is 9.92. The summed E-state index contributed by atoms with van der Waals surface area (Å²) >= 11 is 5.05. The van der Waals surface area contributed by atoms with Gasteiger partial charge in [-0.3, -0.25) is 0 Å². The molecule has 0 aliphatic rings. The van der Waals surface area contributed by atoms with E-state index in [2.05, 4.69) is 15.6 Å². The molecule has 0 amide bonds. The van der Waals surface area contributed by atoms with Crippen molar-refractivity contribution in [3.8, 4) is 0 Å². The molecule has 0 aromatic carbocycles. The van der Waals surface area contributed by atoms with Crippen molar-refractivity contribution < 1.29 is 0 Å². The number of rotatable bonds is 2. The van der Waals surface area contributed by atoms with Gasteiger partial charge in [0.25, 0.3) is 0 Å². The Hall–Kier alpha value is -1.16. The van der Waals surface area contributed by atoms with Gasteiger partial charge in [-0.15, -0.1) is 0 Å². The fourth-order valence-electron chi connectivity index (χ4n) is 0.851. The zero-order valence-corrected chi connectivity index (χ0v) is 8.56.